The van der Waals surface area contributed by atoms with E-state index in [1.54, 1.807) is 29.0 Å². The molecule has 154 valence electrons. The minimum Gasteiger partial charge on any atom is -0.342 e. The van der Waals surface area contributed by atoms with E-state index in [9.17, 15) is 14.0 Å². The number of nitrogens with zero attached hydrogens (tertiary/aromatic N) is 2. The highest BCUT2D eigenvalue weighted by Gasteiger charge is 2.30. The lowest BCUT2D eigenvalue weighted by Crippen LogP contribution is -2.46. The van der Waals surface area contributed by atoms with Gasteiger partial charge in [-0.3, -0.25) is 9.59 Å². The van der Waals surface area contributed by atoms with Crippen molar-refractivity contribution in [2.45, 2.75) is 39.0 Å². The highest BCUT2D eigenvalue weighted by atomic mass is 19.1. The number of anilines is 1. The van der Waals surface area contributed by atoms with E-state index in [1.165, 1.54) is 17.7 Å². The summed E-state index contributed by atoms with van der Waals surface area (Å²) < 4.78 is 13.1. The van der Waals surface area contributed by atoms with Gasteiger partial charge in [0.05, 0.1) is 12.3 Å². The maximum absolute atomic E-state index is 13.1. The fourth-order valence-corrected chi connectivity index (χ4v) is 3.79. The Kier molecular flexibility index (Phi) is 6.68. The van der Waals surface area contributed by atoms with Crippen molar-refractivity contribution < 1.29 is 14.0 Å². The molecular weight excluding hydrogens is 367 g/mol. The van der Waals surface area contributed by atoms with E-state index in [0.717, 1.165) is 24.1 Å². The molecule has 4 nitrogen and oxygen atoms in total. The number of benzene rings is 2. The molecule has 3 rings (SSSR count). The lowest BCUT2D eigenvalue weighted by atomic mass is 9.95. The Labute approximate surface area is 172 Å². The van der Waals surface area contributed by atoms with Crippen LogP contribution in [0, 0.1) is 11.7 Å². The van der Waals surface area contributed by atoms with Crippen LogP contribution in [0.4, 0.5) is 10.1 Å². The van der Waals surface area contributed by atoms with Crippen LogP contribution in [0.25, 0.3) is 0 Å². The molecule has 1 aliphatic heterocycles. The number of piperidine rings is 1. The van der Waals surface area contributed by atoms with Gasteiger partial charge in [0.1, 0.15) is 5.82 Å². The summed E-state index contributed by atoms with van der Waals surface area (Å²) in [5, 5.41) is 0. The van der Waals surface area contributed by atoms with Gasteiger partial charge in [0.2, 0.25) is 11.8 Å². The van der Waals surface area contributed by atoms with Gasteiger partial charge in [-0.15, -0.1) is 0 Å². The lowest BCUT2D eigenvalue weighted by Gasteiger charge is -2.34. The predicted octanol–water partition coefficient (Wildman–Crippen LogP) is 4.39. The SMILES string of the molecule is CC(C)c1cccc(N(C)C(=O)C2CCCN(C(=O)Cc3ccc(F)cc3)C2)c1. The van der Waals surface area contributed by atoms with Gasteiger partial charge in [-0.05, 0) is 54.2 Å². The predicted molar refractivity (Wildman–Crippen MR) is 113 cm³/mol. The van der Waals surface area contributed by atoms with Crippen molar-refractivity contribution in [1.82, 2.24) is 4.90 Å². The van der Waals surface area contributed by atoms with Gasteiger partial charge in [0.15, 0.2) is 0 Å². The highest BCUT2D eigenvalue weighted by Crippen LogP contribution is 2.25. The van der Waals surface area contributed by atoms with E-state index in [2.05, 4.69) is 26.0 Å². The first-order valence-corrected chi connectivity index (χ1v) is 10.2. The summed E-state index contributed by atoms with van der Waals surface area (Å²) in [5.74, 6) is -0.0838. The number of carbonyl (C=O) groups is 2. The fourth-order valence-electron chi connectivity index (χ4n) is 3.79. The zero-order chi connectivity index (χ0) is 21.0. The second-order valence-corrected chi connectivity index (χ2v) is 8.13. The van der Waals surface area contributed by atoms with Crippen molar-refractivity contribution in [2.24, 2.45) is 5.92 Å². The van der Waals surface area contributed by atoms with Crippen LogP contribution < -0.4 is 4.90 Å². The molecule has 0 saturated carbocycles. The van der Waals surface area contributed by atoms with Crippen LogP contribution >= 0.6 is 0 Å². The van der Waals surface area contributed by atoms with Crippen molar-refractivity contribution >= 4 is 17.5 Å². The Balaban J connectivity index is 1.64. The molecule has 1 unspecified atom stereocenters. The molecule has 5 heteroatoms. The monoisotopic (exact) mass is 396 g/mol. The molecule has 0 aliphatic carbocycles. The third kappa shape index (κ3) is 5.22. The van der Waals surface area contributed by atoms with Crippen molar-refractivity contribution in [1.29, 1.82) is 0 Å². The Morgan fingerprint density at radius 2 is 1.90 bits per heavy atom. The number of halogens is 1. The van der Waals surface area contributed by atoms with Crippen LogP contribution in [0.1, 0.15) is 43.7 Å². The van der Waals surface area contributed by atoms with Crippen LogP contribution in [-0.2, 0) is 16.0 Å². The number of carbonyl (C=O) groups excluding carboxylic acids is 2. The van der Waals surface area contributed by atoms with Gasteiger partial charge in [0, 0.05) is 25.8 Å². The molecule has 1 heterocycles. The van der Waals surface area contributed by atoms with Crippen molar-refractivity contribution in [2.75, 3.05) is 25.0 Å². The van der Waals surface area contributed by atoms with E-state index in [1.807, 2.05) is 12.1 Å². The summed E-state index contributed by atoms with van der Waals surface area (Å²) >= 11 is 0. The van der Waals surface area contributed by atoms with Gasteiger partial charge in [-0.2, -0.15) is 0 Å². The molecule has 0 radical (unpaired) electrons. The number of hydrogen-bond acceptors (Lipinski definition) is 2. The van der Waals surface area contributed by atoms with Gasteiger partial charge in [-0.25, -0.2) is 4.39 Å². The Morgan fingerprint density at radius 3 is 2.59 bits per heavy atom. The molecule has 2 amide bonds. The van der Waals surface area contributed by atoms with Crippen LogP contribution in [-0.4, -0.2) is 36.9 Å². The highest BCUT2D eigenvalue weighted by molar-refractivity contribution is 5.95. The second-order valence-electron chi connectivity index (χ2n) is 8.13. The average molecular weight is 397 g/mol. The Bertz CT molecular complexity index is 863. The van der Waals surface area contributed by atoms with Gasteiger partial charge in [0.25, 0.3) is 0 Å². The Hall–Kier alpha value is -2.69. The molecule has 0 aromatic heterocycles. The first kappa shape index (κ1) is 21.0. The molecule has 1 fully saturated rings. The quantitative estimate of drug-likeness (QED) is 0.752. The smallest absolute Gasteiger partial charge is 0.231 e. The molecule has 1 aliphatic rings. The third-order valence-electron chi connectivity index (χ3n) is 5.65. The molecule has 0 N–H and O–H groups in total. The maximum Gasteiger partial charge on any atom is 0.231 e. The average Bonchev–Trinajstić information content (AvgIpc) is 2.74. The first-order valence-electron chi connectivity index (χ1n) is 10.2. The van der Waals surface area contributed by atoms with Gasteiger partial charge >= 0.3 is 0 Å². The van der Waals surface area contributed by atoms with E-state index in [-0.39, 0.29) is 30.0 Å². The summed E-state index contributed by atoms with van der Waals surface area (Å²) in [5.41, 5.74) is 2.87. The fraction of sp³-hybridized carbons (Fsp3) is 0.417. The van der Waals surface area contributed by atoms with Crippen molar-refractivity contribution in [3.8, 4) is 0 Å². The molecular formula is C24H29FN2O2. The van der Waals surface area contributed by atoms with Crippen LogP contribution in [0.15, 0.2) is 48.5 Å². The van der Waals surface area contributed by atoms with Crippen LogP contribution in [0.5, 0.6) is 0 Å². The normalized spacial score (nSPS) is 16.7. The summed E-state index contributed by atoms with van der Waals surface area (Å²) in [4.78, 5) is 29.3. The third-order valence-corrected chi connectivity index (χ3v) is 5.65. The second kappa shape index (κ2) is 9.21. The van der Waals surface area contributed by atoms with Gasteiger partial charge in [-0.1, -0.05) is 38.1 Å². The standard InChI is InChI=1S/C24H29FN2O2/c1-17(2)19-6-4-8-22(15-19)26(3)24(29)20-7-5-13-27(16-20)23(28)14-18-9-11-21(25)12-10-18/h4,6,8-12,15,17,20H,5,7,13-14,16H2,1-3H3. The molecule has 0 spiro atoms. The van der Waals surface area contributed by atoms with E-state index in [0.29, 0.717) is 19.0 Å². The zero-order valence-electron chi connectivity index (χ0n) is 17.4. The van der Waals surface area contributed by atoms with Crippen molar-refractivity contribution in [3.63, 3.8) is 0 Å². The summed E-state index contributed by atoms with van der Waals surface area (Å²) in [7, 11) is 1.81. The molecule has 1 atom stereocenters. The number of amides is 2. The van der Waals surface area contributed by atoms with E-state index in [4.69, 9.17) is 0 Å². The topological polar surface area (TPSA) is 40.6 Å². The minimum absolute atomic E-state index is 0.0152. The minimum atomic E-state index is -0.311. The Morgan fingerprint density at radius 1 is 1.17 bits per heavy atom. The van der Waals surface area contributed by atoms with Gasteiger partial charge < -0.3 is 9.80 Å². The summed E-state index contributed by atoms with van der Waals surface area (Å²) in [6.07, 6.45) is 1.83. The maximum atomic E-state index is 13.1. The first-order chi connectivity index (χ1) is 13.8. The molecule has 0 bridgehead atoms. The van der Waals surface area contributed by atoms with E-state index < -0.39 is 0 Å². The molecule has 2 aromatic rings. The number of likely N-dealkylation sites (tertiary alicyclic amines) is 1. The molecule has 29 heavy (non-hydrogen) atoms. The van der Waals surface area contributed by atoms with Crippen molar-refractivity contribution in [3.05, 3.63) is 65.5 Å². The molecule has 2 aromatic carbocycles. The lowest BCUT2D eigenvalue weighted by molar-refractivity contribution is -0.134. The van der Waals surface area contributed by atoms with Crippen LogP contribution in [0.3, 0.4) is 0 Å². The van der Waals surface area contributed by atoms with E-state index >= 15 is 0 Å². The zero-order valence-corrected chi connectivity index (χ0v) is 17.4. The number of hydrogen-bond donors (Lipinski definition) is 0. The van der Waals surface area contributed by atoms with Crippen LogP contribution in [0.2, 0.25) is 0 Å². The number of rotatable bonds is 5. The molecule has 1 saturated heterocycles. The largest absolute Gasteiger partial charge is 0.342 e. The summed E-state index contributed by atoms with van der Waals surface area (Å²) in [6.45, 7) is 5.36. The summed E-state index contributed by atoms with van der Waals surface area (Å²) in [6, 6.07) is 14.1.